The number of thioether (sulfide) groups is 1. The molecule has 27 heavy (non-hydrogen) atoms. The molecule has 1 aromatic heterocycles. The van der Waals surface area contributed by atoms with E-state index in [4.69, 9.17) is 0 Å². The van der Waals surface area contributed by atoms with E-state index in [-0.39, 0.29) is 11.7 Å². The van der Waals surface area contributed by atoms with Crippen LogP contribution in [0.15, 0.2) is 28.6 Å². The van der Waals surface area contributed by atoms with Crippen molar-refractivity contribution in [2.45, 2.75) is 48.9 Å². The predicted molar refractivity (Wildman–Crippen MR) is 107 cm³/mol. The first-order chi connectivity index (χ1) is 13.2. The van der Waals surface area contributed by atoms with Crippen LogP contribution in [0.5, 0.6) is 0 Å². The number of anilines is 2. The molecule has 144 valence electrons. The van der Waals surface area contributed by atoms with Crippen molar-refractivity contribution in [1.29, 1.82) is 0 Å². The molecule has 1 N–H and O–H groups in total. The Morgan fingerprint density at radius 1 is 1.22 bits per heavy atom. The molecule has 0 bridgehead atoms. The predicted octanol–water partition coefficient (Wildman–Crippen LogP) is 4.69. The van der Waals surface area contributed by atoms with E-state index in [1.807, 2.05) is 0 Å². The van der Waals surface area contributed by atoms with Crippen molar-refractivity contribution in [2.24, 2.45) is 5.92 Å². The van der Waals surface area contributed by atoms with Gasteiger partial charge < -0.3 is 10.2 Å². The van der Waals surface area contributed by atoms with Gasteiger partial charge in [0.05, 0.1) is 11.4 Å². The number of hydrogen-bond donors (Lipinski definition) is 1. The van der Waals surface area contributed by atoms with E-state index >= 15 is 0 Å². The van der Waals surface area contributed by atoms with Crippen molar-refractivity contribution in [3.05, 3.63) is 30.1 Å². The molecule has 4 rings (SSSR count). The van der Waals surface area contributed by atoms with Gasteiger partial charge in [0.2, 0.25) is 11.0 Å². The van der Waals surface area contributed by atoms with Gasteiger partial charge in [-0.3, -0.25) is 4.79 Å². The number of amides is 1. The summed E-state index contributed by atoms with van der Waals surface area (Å²) in [5, 5.41) is 11.6. The lowest BCUT2D eigenvalue weighted by atomic mass is 9.78. The number of carbonyl (C=O) groups is 1. The average Bonchev–Trinajstić information content (AvgIpc) is 3.15. The van der Waals surface area contributed by atoms with Crippen LogP contribution in [0.2, 0.25) is 0 Å². The zero-order valence-corrected chi connectivity index (χ0v) is 16.7. The smallest absolute Gasteiger partial charge is 0.233 e. The monoisotopic (exact) mass is 406 g/mol. The van der Waals surface area contributed by atoms with E-state index in [0.29, 0.717) is 28.5 Å². The molecule has 5 nitrogen and oxygen atoms in total. The summed E-state index contributed by atoms with van der Waals surface area (Å²) in [6, 6.07) is 6.90. The van der Waals surface area contributed by atoms with Gasteiger partial charge in [0.15, 0.2) is 4.34 Å². The van der Waals surface area contributed by atoms with E-state index in [0.717, 1.165) is 23.7 Å². The maximum Gasteiger partial charge on any atom is 0.233 e. The van der Waals surface area contributed by atoms with Crippen molar-refractivity contribution in [3.8, 4) is 0 Å². The van der Waals surface area contributed by atoms with E-state index < -0.39 is 0 Å². The van der Waals surface area contributed by atoms with Crippen LogP contribution in [0.25, 0.3) is 0 Å². The third-order valence-electron chi connectivity index (χ3n) is 5.40. The number of fused-ring (bicyclic) bond motifs is 1. The molecular weight excluding hydrogens is 383 g/mol. The van der Waals surface area contributed by atoms with E-state index in [1.54, 1.807) is 18.2 Å². The molecule has 2 unspecified atom stereocenters. The fourth-order valence-corrected chi connectivity index (χ4v) is 5.79. The first-order valence-electron chi connectivity index (χ1n) is 9.48. The van der Waals surface area contributed by atoms with Crippen LogP contribution in [0, 0.1) is 11.7 Å². The molecule has 1 amide bonds. The Labute approximate surface area is 166 Å². The van der Waals surface area contributed by atoms with Crippen molar-refractivity contribution >= 4 is 39.8 Å². The van der Waals surface area contributed by atoms with Crippen LogP contribution >= 0.6 is 23.1 Å². The zero-order chi connectivity index (χ0) is 18.6. The summed E-state index contributed by atoms with van der Waals surface area (Å²) in [5.74, 6) is 0.955. The highest BCUT2D eigenvalue weighted by Gasteiger charge is 2.35. The second kappa shape index (κ2) is 8.56. The minimum atomic E-state index is -0.329. The summed E-state index contributed by atoms with van der Waals surface area (Å²) in [4.78, 5) is 14.9. The maximum absolute atomic E-state index is 13.7. The summed E-state index contributed by atoms with van der Waals surface area (Å²) < 4.78 is 14.4. The van der Waals surface area contributed by atoms with Crippen molar-refractivity contribution in [2.75, 3.05) is 17.6 Å². The molecule has 2 atom stereocenters. The number of nitrogens with zero attached hydrogens (tertiary/aromatic N) is 3. The van der Waals surface area contributed by atoms with Crippen LogP contribution in [0.3, 0.4) is 0 Å². The molecule has 1 aliphatic carbocycles. The standard InChI is InChI=1S/C19H23FN4OS2/c20-14-8-2-3-9-15(14)21-18-22-23-19(27-18)26-12-17(25)24-11-5-7-13-6-1-4-10-16(13)24/h2-3,8-9,13,16H,1,4-7,10-12H2,(H,21,22). The van der Waals surface area contributed by atoms with Crippen LogP contribution in [-0.4, -0.2) is 39.3 Å². The Kier molecular flexibility index (Phi) is 5.92. The molecule has 0 radical (unpaired) electrons. The molecule has 8 heteroatoms. The first kappa shape index (κ1) is 18.7. The quantitative estimate of drug-likeness (QED) is 0.730. The van der Waals surface area contributed by atoms with Gasteiger partial charge in [0.1, 0.15) is 5.82 Å². The lowest BCUT2D eigenvalue weighted by Crippen LogP contribution is -2.50. The highest BCUT2D eigenvalue weighted by molar-refractivity contribution is 8.01. The molecule has 2 aliphatic rings. The summed E-state index contributed by atoms with van der Waals surface area (Å²) in [5.41, 5.74) is 0.373. The van der Waals surface area contributed by atoms with E-state index in [9.17, 15) is 9.18 Å². The fraction of sp³-hybridized carbons (Fsp3) is 0.526. The number of aromatic nitrogens is 2. The van der Waals surface area contributed by atoms with Gasteiger partial charge in [-0.15, -0.1) is 10.2 Å². The lowest BCUT2D eigenvalue weighted by molar-refractivity contribution is -0.134. The minimum absolute atomic E-state index is 0.204. The van der Waals surface area contributed by atoms with Gasteiger partial charge in [-0.25, -0.2) is 4.39 Å². The van der Waals surface area contributed by atoms with Gasteiger partial charge in [-0.05, 0) is 43.7 Å². The topological polar surface area (TPSA) is 58.1 Å². The second-order valence-electron chi connectivity index (χ2n) is 7.11. The maximum atomic E-state index is 13.7. The normalized spacial score (nSPS) is 22.3. The highest BCUT2D eigenvalue weighted by atomic mass is 32.2. The van der Waals surface area contributed by atoms with E-state index in [2.05, 4.69) is 20.4 Å². The van der Waals surface area contributed by atoms with Crippen LogP contribution in [0.1, 0.15) is 38.5 Å². The van der Waals surface area contributed by atoms with Gasteiger partial charge in [0.25, 0.3) is 0 Å². The van der Waals surface area contributed by atoms with Gasteiger partial charge >= 0.3 is 0 Å². The summed E-state index contributed by atoms with van der Waals surface area (Å²) in [7, 11) is 0. The molecule has 1 aliphatic heterocycles. The molecule has 1 saturated heterocycles. The second-order valence-corrected chi connectivity index (χ2v) is 9.31. The highest BCUT2D eigenvalue weighted by Crippen LogP contribution is 2.36. The number of hydrogen-bond acceptors (Lipinski definition) is 6. The van der Waals surface area contributed by atoms with Crippen LogP contribution in [0.4, 0.5) is 15.2 Å². The van der Waals surface area contributed by atoms with Crippen molar-refractivity contribution in [3.63, 3.8) is 0 Å². The fourth-order valence-electron chi connectivity index (χ4n) is 4.14. The number of para-hydroxylation sites is 1. The van der Waals surface area contributed by atoms with Gasteiger partial charge in [-0.2, -0.15) is 0 Å². The number of halogens is 1. The summed E-state index contributed by atoms with van der Waals surface area (Å²) in [6.45, 7) is 0.886. The molecule has 1 saturated carbocycles. The molecule has 2 heterocycles. The molecule has 2 aromatic rings. The first-order valence-corrected chi connectivity index (χ1v) is 11.3. The number of rotatable bonds is 5. The van der Waals surface area contributed by atoms with Crippen LogP contribution < -0.4 is 5.32 Å². The molecular formula is C19H23FN4OS2. The lowest BCUT2D eigenvalue weighted by Gasteiger charge is -2.44. The summed E-state index contributed by atoms with van der Waals surface area (Å²) >= 11 is 2.76. The third-order valence-corrected chi connectivity index (χ3v) is 7.36. The Balaban J connectivity index is 1.33. The Morgan fingerprint density at radius 2 is 2.04 bits per heavy atom. The molecule has 1 aromatic carbocycles. The van der Waals surface area contributed by atoms with Gasteiger partial charge in [-0.1, -0.05) is 48.1 Å². The number of benzene rings is 1. The molecule has 0 spiro atoms. The number of piperidine rings is 1. The largest absolute Gasteiger partial charge is 0.339 e. The van der Waals surface area contributed by atoms with Crippen molar-refractivity contribution in [1.82, 2.24) is 15.1 Å². The Bertz CT molecular complexity index is 798. The van der Waals surface area contributed by atoms with E-state index in [1.165, 1.54) is 54.8 Å². The number of carbonyl (C=O) groups excluding carboxylic acids is 1. The SMILES string of the molecule is O=C(CSc1nnc(Nc2ccccc2F)s1)N1CCCC2CCCCC21. The van der Waals surface area contributed by atoms with Gasteiger partial charge in [0, 0.05) is 12.6 Å². The Morgan fingerprint density at radius 3 is 2.93 bits per heavy atom. The minimum Gasteiger partial charge on any atom is -0.339 e. The summed E-state index contributed by atoms with van der Waals surface area (Å²) in [6.07, 6.45) is 7.34. The zero-order valence-electron chi connectivity index (χ0n) is 15.1. The number of nitrogens with one attached hydrogen (secondary N) is 1. The third kappa shape index (κ3) is 4.43. The Hall–Kier alpha value is -1.67. The average molecular weight is 407 g/mol. The number of likely N-dealkylation sites (tertiary alicyclic amines) is 1. The molecule has 2 fully saturated rings. The van der Waals surface area contributed by atoms with Crippen LogP contribution in [-0.2, 0) is 4.79 Å². The van der Waals surface area contributed by atoms with Crippen molar-refractivity contribution < 1.29 is 9.18 Å².